The summed E-state index contributed by atoms with van der Waals surface area (Å²) in [6.45, 7) is -0.436. The lowest BCUT2D eigenvalue weighted by Crippen LogP contribution is -2.23. The minimum absolute atomic E-state index is 0.0527. The van der Waals surface area contributed by atoms with E-state index in [9.17, 15) is 19.2 Å². The summed E-state index contributed by atoms with van der Waals surface area (Å²) in [6.07, 6.45) is 3.69. The number of esters is 1. The van der Waals surface area contributed by atoms with Gasteiger partial charge in [0, 0.05) is 23.9 Å². The Kier molecular flexibility index (Phi) is 6.32. The van der Waals surface area contributed by atoms with Crippen LogP contribution >= 0.6 is 45.2 Å². The van der Waals surface area contributed by atoms with E-state index >= 15 is 0 Å². The van der Waals surface area contributed by atoms with Crippen LogP contribution in [0, 0.1) is 7.27 Å². The van der Waals surface area contributed by atoms with E-state index in [1.165, 1.54) is 19.4 Å². The summed E-state index contributed by atoms with van der Waals surface area (Å²) < 4.78 is 12.6. The van der Waals surface area contributed by atoms with Gasteiger partial charge in [-0.25, -0.2) is 0 Å². The second kappa shape index (κ2) is 8.05. The number of allylic oxidation sites excluding steroid dienone is 3. The molecule has 0 fully saturated rings. The maximum Gasteiger partial charge on any atom is 0.326 e. The molecule has 1 aromatic heterocycles. The normalized spacial score (nSPS) is 14.1. The van der Waals surface area contributed by atoms with E-state index in [4.69, 9.17) is 9.47 Å². The maximum absolute atomic E-state index is 12.0. The number of pyridine rings is 1. The molecule has 2 rings (SSSR count). The number of ether oxygens (including phenoxy) is 2. The van der Waals surface area contributed by atoms with E-state index in [0.717, 1.165) is 12.2 Å². The third-order valence-electron chi connectivity index (χ3n) is 3.07. The molecule has 0 radical (unpaired) electrons. The molecule has 0 atom stereocenters. The molecular weight excluding hydrogens is 544 g/mol. The number of carbonyl (C=O) groups is 3. The van der Waals surface area contributed by atoms with Gasteiger partial charge < -0.3 is 14.0 Å². The number of carbonyl (C=O) groups excluding carboxylic acids is 3. The average molecular weight is 555 g/mol. The molecule has 1 aliphatic rings. The molecule has 0 N–H and O–H groups in total. The van der Waals surface area contributed by atoms with Gasteiger partial charge in [-0.1, -0.05) is 0 Å². The first-order valence-electron chi connectivity index (χ1n) is 6.58. The summed E-state index contributed by atoms with van der Waals surface area (Å²) in [5, 5.41) is 0. The Balaban J connectivity index is 2.02. The lowest BCUT2D eigenvalue weighted by atomic mass is 10.0. The molecule has 24 heavy (non-hydrogen) atoms. The van der Waals surface area contributed by atoms with E-state index in [1.54, 1.807) is 4.57 Å². The van der Waals surface area contributed by atoms with Crippen molar-refractivity contribution in [1.82, 2.24) is 4.57 Å². The second-order valence-corrected chi connectivity index (χ2v) is 6.79. The van der Waals surface area contributed by atoms with Crippen LogP contribution in [0.25, 0.3) is 0 Å². The molecule has 0 spiro atoms. The quantitative estimate of drug-likeness (QED) is 0.235. The second-order valence-electron chi connectivity index (χ2n) is 4.69. The van der Waals surface area contributed by atoms with Crippen LogP contribution in [0.1, 0.15) is 0 Å². The molecule has 126 valence electrons. The zero-order valence-electron chi connectivity index (χ0n) is 12.4. The lowest BCUT2D eigenvalue weighted by molar-refractivity contribution is -0.143. The van der Waals surface area contributed by atoms with Crippen molar-refractivity contribution in [3.63, 3.8) is 0 Å². The highest BCUT2D eigenvalue weighted by Crippen LogP contribution is 2.14. The molecule has 0 bridgehead atoms. The minimum atomic E-state index is -0.595. The van der Waals surface area contributed by atoms with Crippen LogP contribution in [-0.2, 0) is 30.4 Å². The first kappa shape index (κ1) is 18.8. The summed E-state index contributed by atoms with van der Waals surface area (Å²) in [7, 11) is 1.28. The fourth-order valence-electron chi connectivity index (χ4n) is 1.88. The molecule has 0 aromatic carbocycles. The van der Waals surface area contributed by atoms with Gasteiger partial charge in [0.1, 0.15) is 13.2 Å². The van der Waals surface area contributed by atoms with Crippen molar-refractivity contribution >= 4 is 62.7 Å². The van der Waals surface area contributed by atoms with E-state index in [1.807, 2.05) is 45.2 Å². The first-order chi connectivity index (χ1) is 11.3. The summed E-state index contributed by atoms with van der Waals surface area (Å²) in [5.74, 6) is -1.57. The van der Waals surface area contributed by atoms with Gasteiger partial charge >= 0.3 is 5.97 Å². The van der Waals surface area contributed by atoms with Crippen molar-refractivity contribution in [2.24, 2.45) is 0 Å². The van der Waals surface area contributed by atoms with Crippen LogP contribution in [0.5, 0.6) is 0 Å². The first-order valence-corrected chi connectivity index (χ1v) is 8.74. The SMILES string of the molecule is COC1=CC(=O)C=C(COC(=O)Cn2ccc(=O)c(I)c2I)C1=O. The van der Waals surface area contributed by atoms with Gasteiger partial charge in [0.15, 0.2) is 17.0 Å². The van der Waals surface area contributed by atoms with E-state index in [-0.39, 0.29) is 29.9 Å². The summed E-state index contributed by atoms with van der Waals surface area (Å²) in [4.78, 5) is 46.9. The van der Waals surface area contributed by atoms with Crippen molar-refractivity contribution in [2.75, 3.05) is 13.7 Å². The standard InChI is InChI=1S/C15H11I2NO6/c1-23-11-5-9(19)4-8(14(11)22)7-24-12(21)6-18-3-2-10(20)13(16)15(18)17/h2-5H,6-7H2,1H3. The number of hydrogen-bond acceptors (Lipinski definition) is 6. The molecule has 1 heterocycles. The van der Waals surface area contributed by atoms with Crippen molar-refractivity contribution in [1.29, 1.82) is 0 Å². The van der Waals surface area contributed by atoms with Crippen LogP contribution in [0.4, 0.5) is 0 Å². The van der Waals surface area contributed by atoms with Crippen LogP contribution < -0.4 is 5.43 Å². The van der Waals surface area contributed by atoms with Gasteiger partial charge in [-0.3, -0.25) is 19.2 Å². The molecule has 9 heteroatoms. The van der Waals surface area contributed by atoms with Crippen molar-refractivity contribution < 1.29 is 23.9 Å². The van der Waals surface area contributed by atoms with Crippen LogP contribution in [0.3, 0.4) is 0 Å². The highest BCUT2D eigenvalue weighted by atomic mass is 127. The zero-order chi connectivity index (χ0) is 17.9. The van der Waals surface area contributed by atoms with Gasteiger partial charge in [-0.05, 0) is 51.3 Å². The Morgan fingerprint density at radius 1 is 1.21 bits per heavy atom. The van der Waals surface area contributed by atoms with E-state index in [0.29, 0.717) is 7.27 Å². The topological polar surface area (TPSA) is 91.7 Å². The summed E-state index contributed by atoms with van der Waals surface area (Å²) in [5.41, 5.74) is -0.0724. The van der Waals surface area contributed by atoms with Crippen LogP contribution in [-0.4, -0.2) is 35.8 Å². The van der Waals surface area contributed by atoms with Crippen molar-refractivity contribution in [3.05, 3.63) is 53.2 Å². The predicted molar refractivity (Wildman–Crippen MR) is 100 cm³/mol. The average Bonchev–Trinajstić information content (AvgIpc) is 2.55. The molecule has 0 amide bonds. The van der Waals surface area contributed by atoms with E-state index in [2.05, 4.69) is 0 Å². The molecule has 0 unspecified atom stereocenters. The number of methoxy groups -OCH3 is 1. The van der Waals surface area contributed by atoms with Gasteiger partial charge in [0.2, 0.25) is 5.78 Å². The fraction of sp³-hybridized carbons (Fsp3) is 0.200. The molecule has 0 saturated heterocycles. The van der Waals surface area contributed by atoms with Crippen LogP contribution in [0.2, 0.25) is 0 Å². The minimum Gasteiger partial charge on any atom is -0.493 e. The monoisotopic (exact) mass is 555 g/mol. The number of aromatic nitrogens is 1. The molecule has 7 nitrogen and oxygen atoms in total. The van der Waals surface area contributed by atoms with Gasteiger partial charge in [0.25, 0.3) is 0 Å². The maximum atomic E-state index is 12.0. The number of halogens is 2. The molecule has 1 aromatic rings. The van der Waals surface area contributed by atoms with Crippen molar-refractivity contribution in [2.45, 2.75) is 6.54 Å². The van der Waals surface area contributed by atoms with Crippen LogP contribution in [0.15, 0.2) is 40.5 Å². The third-order valence-corrected chi connectivity index (χ3v) is 6.30. The highest BCUT2D eigenvalue weighted by molar-refractivity contribution is 14.1. The Morgan fingerprint density at radius 3 is 2.58 bits per heavy atom. The van der Waals surface area contributed by atoms with E-state index < -0.39 is 17.5 Å². The largest absolute Gasteiger partial charge is 0.493 e. The highest BCUT2D eigenvalue weighted by Gasteiger charge is 2.23. The number of hydrogen-bond donors (Lipinski definition) is 0. The van der Waals surface area contributed by atoms with Gasteiger partial charge in [0.05, 0.1) is 14.4 Å². The number of nitrogens with zero attached hydrogens (tertiary/aromatic N) is 1. The summed E-state index contributed by atoms with van der Waals surface area (Å²) >= 11 is 3.87. The Hall–Kier alpha value is -1.50. The van der Waals surface area contributed by atoms with Crippen molar-refractivity contribution in [3.8, 4) is 0 Å². The fourth-order valence-corrected chi connectivity index (χ4v) is 2.97. The summed E-state index contributed by atoms with van der Waals surface area (Å²) in [6, 6.07) is 1.36. The zero-order valence-corrected chi connectivity index (χ0v) is 16.7. The van der Waals surface area contributed by atoms with Gasteiger partial charge in [-0.15, -0.1) is 0 Å². The Labute approximate surface area is 164 Å². The molecule has 1 aliphatic carbocycles. The number of ketones is 2. The molecule has 0 saturated carbocycles. The Bertz CT molecular complexity index is 837. The molecule has 0 aliphatic heterocycles. The number of Topliss-reactive ketones (excluding diaryl/α,β-unsaturated/α-hetero) is 1. The molecular formula is C15H11I2NO6. The number of rotatable bonds is 5. The van der Waals surface area contributed by atoms with Gasteiger partial charge in [-0.2, -0.15) is 0 Å². The lowest BCUT2D eigenvalue weighted by Gasteiger charge is -2.14. The third kappa shape index (κ3) is 4.32. The predicted octanol–water partition coefficient (Wildman–Crippen LogP) is 1.21. The Morgan fingerprint density at radius 2 is 1.92 bits per heavy atom. The smallest absolute Gasteiger partial charge is 0.326 e.